The van der Waals surface area contributed by atoms with Crippen molar-refractivity contribution in [3.63, 3.8) is 0 Å². The molecular formula is C8H13Cl2NO4. The molecule has 0 aromatic carbocycles. The predicted octanol–water partition coefficient (Wildman–Crippen LogP) is 0.380. The highest BCUT2D eigenvalue weighted by Crippen LogP contribution is 2.19. The normalized spacial score (nSPS) is 14.7. The second kappa shape index (κ2) is 6.15. The largest absolute Gasteiger partial charge is 0.481 e. The molecule has 0 aromatic heterocycles. The summed E-state index contributed by atoms with van der Waals surface area (Å²) in [5.41, 5.74) is -0.913. The molecule has 0 aliphatic heterocycles. The number of rotatable bonds is 6. The third-order valence-corrected chi connectivity index (χ3v) is 2.24. The number of hydrogen-bond acceptors (Lipinski definition) is 3. The van der Waals surface area contributed by atoms with Gasteiger partial charge in [-0.3, -0.25) is 9.59 Å². The van der Waals surface area contributed by atoms with E-state index in [1.807, 2.05) is 0 Å². The fourth-order valence-electron chi connectivity index (χ4n) is 0.917. The second-order valence-electron chi connectivity index (χ2n) is 3.56. The molecule has 5 nitrogen and oxygen atoms in total. The molecule has 0 aliphatic carbocycles. The molecule has 0 spiro atoms. The molecule has 0 saturated heterocycles. The molecule has 1 unspecified atom stereocenters. The predicted molar refractivity (Wildman–Crippen MR) is 55.9 cm³/mol. The van der Waals surface area contributed by atoms with Crippen molar-refractivity contribution < 1.29 is 19.8 Å². The van der Waals surface area contributed by atoms with Crippen molar-refractivity contribution in [2.24, 2.45) is 5.41 Å². The SMILES string of the molecule is CC(CO)(CNC(=O)C(Cl)Cl)CC(=O)O. The van der Waals surface area contributed by atoms with Crippen molar-refractivity contribution in [2.45, 2.75) is 18.2 Å². The molecular weight excluding hydrogens is 245 g/mol. The number of hydrogen-bond donors (Lipinski definition) is 3. The second-order valence-corrected chi connectivity index (χ2v) is 4.65. The molecule has 0 aromatic rings. The van der Waals surface area contributed by atoms with E-state index in [2.05, 4.69) is 5.32 Å². The van der Waals surface area contributed by atoms with Crippen molar-refractivity contribution in [3.05, 3.63) is 0 Å². The van der Waals surface area contributed by atoms with Gasteiger partial charge in [-0.15, -0.1) is 0 Å². The van der Waals surface area contributed by atoms with E-state index in [1.165, 1.54) is 0 Å². The van der Waals surface area contributed by atoms with Crippen LogP contribution in [0.1, 0.15) is 13.3 Å². The lowest BCUT2D eigenvalue weighted by Crippen LogP contribution is -2.41. The maximum Gasteiger partial charge on any atom is 0.304 e. The van der Waals surface area contributed by atoms with E-state index in [9.17, 15) is 9.59 Å². The Morgan fingerprint density at radius 3 is 2.33 bits per heavy atom. The van der Waals surface area contributed by atoms with Gasteiger partial charge in [0.1, 0.15) is 0 Å². The number of carboxylic acid groups (broad SMARTS) is 1. The number of aliphatic carboxylic acids is 1. The van der Waals surface area contributed by atoms with Crippen LogP contribution < -0.4 is 5.32 Å². The number of nitrogens with one attached hydrogen (secondary N) is 1. The molecule has 0 heterocycles. The van der Waals surface area contributed by atoms with Gasteiger partial charge in [0.15, 0.2) is 4.84 Å². The van der Waals surface area contributed by atoms with Crippen LogP contribution in [0.15, 0.2) is 0 Å². The standard InChI is InChI=1S/C8H13Cl2NO4/c1-8(4-12,2-5(13)14)3-11-7(15)6(9)10/h6,12H,2-4H2,1H3,(H,11,15)(H,13,14). The summed E-state index contributed by atoms with van der Waals surface area (Å²) in [5, 5.41) is 19.9. The molecule has 0 radical (unpaired) electrons. The number of aliphatic hydroxyl groups is 1. The first-order valence-corrected chi connectivity index (χ1v) is 5.06. The van der Waals surface area contributed by atoms with Crippen LogP contribution >= 0.6 is 23.2 Å². The molecule has 3 N–H and O–H groups in total. The summed E-state index contributed by atoms with van der Waals surface area (Å²) in [6.45, 7) is 1.19. The molecule has 88 valence electrons. The van der Waals surface area contributed by atoms with Gasteiger partial charge < -0.3 is 15.5 Å². The maximum absolute atomic E-state index is 11.0. The van der Waals surface area contributed by atoms with Gasteiger partial charge >= 0.3 is 5.97 Å². The van der Waals surface area contributed by atoms with Crippen LogP contribution in [0.2, 0.25) is 0 Å². The summed E-state index contributed by atoms with van der Waals surface area (Å²) >= 11 is 10.6. The molecule has 0 bridgehead atoms. The van der Waals surface area contributed by atoms with E-state index < -0.39 is 22.1 Å². The summed E-state index contributed by atoms with van der Waals surface area (Å²) in [5.74, 6) is -1.66. The number of carbonyl (C=O) groups excluding carboxylic acids is 1. The average molecular weight is 258 g/mol. The summed E-state index contributed by atoms with van der Waals surface area (Å²) < 4.78 is 0. The molecule has 0 rings (SSSR count). The number of carboxylic acids is 1. The van der Waals surface area contributed by atoms with Crippen LogP contribution in [0, 0.1) is 5.41 Å². The Morgan fingerprint density at radius 1 is 1.47 bits per heavy atom. The Hall–Kier alpha value is -0.520. The van der Waals surface area contributed by atoms with Gasteiger partial charge in [-0.25, -0.2) is 0 Å². The van der Waals surface area contributed by atoms with E-state index in [4.69, 9.17) is 33.4 Å². The lowest BCUT2D eigenvalue weighted by Gasteiger charge is -2.25. The third kappa shape index (κ3) is 5.81. The lowest BCUT2D eigenvalue weighted by molar-refractivity contribution is -0.140. The van der Waals surface area contributed by atoms with Gasteiger partial charge in [0.2, 0.25) is 0 Å². The van der Waals surface area contributed by atoms with Crippen molar-refractivity contribution >= 4 is 35.1 Å². The summed E-state index contributed by atoms with van der Waals surface area (Å²) in [7, 11) is 0. The molecule has 1 atom stereocenters. The van der Waals surface area contributed by atoms with E-state index >= 15 is 0 Å². The first kappa shape index (κ1) is 14.5. The minimum atomic E-state index is -1.20. The fraction of sp³-hybridized carbons (Fsp3) is 0.750. The highest BCUT2D eigenvalue weighted by atomic mass is 35.5. The first-order chi connectivity index (χ1) is 6.80. The van der Waals surface area contributed by atoms with Crippen molar-refractivity contribution in [3.8, 4) is 0 Å². The summed E-state index contributed by atoms with van der Waals surface area (Å²) in [4.78, 5) is 20.3. The minimum Gasteiger partial charge on any atom is -0.481 e. The van der Waals surface area contributed by atoms with Crippen molar-refractivity contribution in [1.29, 1.82) is 0 Å². The highest BCUT2D eigenvalue weighted by Gasteiger charge is 2.28. The van der Waals surface area contributed by atoms with Gasteiger partial charge in [-0.1, -0.05) is 30.1 Å². The van der Waals surface area contributed by atoms with Crippen LogP contribution in [0.4, 0.5) is 0 Å². The van der Waals surface area contributed by atoms with Crippen molar-refractivity contribution in [2.75, 3.05) is 13.2 Å². The van der Waals surface area contributed by atoms with Gasteiger partial charge in [-0.2, -0.15) is 0 Å². The zero-order chi connectivity index (χ0) is 12.1. The zero-order valence-electron chi connectivity index (χ0n) is 8.17. The third-order valence-electron chi connectivity index (χ3n) is 1.85. The van der Waals surface area contributed by atoms with E-state index in [0.29, 0.717) is 0 Å². The van der Waals surface area contributed by atoms with Crippen LogP contribution in [-0.4, -0.2) is 40.1 Å². The zero-order valence-corrected chi connectivity index (χ0v) is 9.68. The molecule has 0 aliphatic rings. The Kier molecular flexibility index (Phi) is 5.93. The number of alkyl halides is 2. The average Bonchev–Trinajstić information content (AvgIpc) is 2.13. The lowest BCUT2D eigenvalue weighted by atomic mass is 9.88. The fourth-order valence-corrected chi connectivity index (χ4v) is 1.07. The summed E-state index contributed by atoms with van der Waals surface area (Å²) in [6, 6.07) is 0. The van der Waals surface area contributed by atoms with Crippen molar-refractivity contribution in [1.82, 2.24) is 5.32 Å². The van der Waals surface area contributed by atoms with E-state index in [1.54, 1.807) is 6.92 Å². The topological polar surface area (TPSA) is 86.6 Å². The van der Waals surface area contributed by atoms with E-state index in [0.717, 1.165) is 0 Å². The first-order valence-electron chi connectivity index (χ1n) is 4.19. The monoisotopic (exact) mass is 257 g/mol. The number of aliphatic hydroxyl groups excluding tert-OH is 1. The molecule has 1 amide bonds. The number of amides is 1. The van der Waals surface area contributed by atoms with Gasteiger partial charge in [0, 0.05) is 12.0 Å². The van der Waals surface area contributed by atoms with E-state index in [-0.39, 0.29) is 19.6 Å². The van der Waals surface area contributed by atoms with Gasteiger partial charge in [0.05, 0.1) is 13.0 Å². The van der Waals surface area contributed by atoms with Crippen LogP contribution in [0.5, 0.6) is 0 Å². The Bertz CT molecular complexity index is 247. The van der Waals surface area contributed by atoms with Crippen LogP contribution in [0.3, 0.4) is 0 Å². The minimum absolute atomic E-state index is 0.00454. The molecule has 0 saturated carbocycles. The van der Waals surface area contributed by atoms with Gasteiger partial charge in [-0.05, 0) is 0 Å². The Morgan fingerprint density at radius 2 is 2.00 bits per heavy atom. The van der Waals surface area contributed by atoms with Crippen LogP contribution in [-0.2, 0) is 9.59 Å². The molecule has 7 heteroatoms. The highest BCUT2D eigenvalue weighted by molar-refractivity contribution is 6.53. The van der Waals surface area contributed by atoms with Gasteiger partial charge in [0.25, 0.3) is 5.91 Å². The Balaban J connectivity index is 4.20. The number of halogens is 2. The maximum atomic E-state index is 11.0. The quantitative estimate of drug-likeness (QED) is 0.601. The van der Waals surface area contributed by atoms with Crippen LogP contribution in [0.25, 0.3) is 0 Å². The summed E-state index contributed by atoms with van der Waals surface area (Å²) in [6.07, 6.45) is -0.251. The number of carbonyl (C=O) groups is 2. The molecule has 15 heavy (non-hydrogen) atoms. The smallest absolute Gasteiger partial charge is 0.304 e. The molecule has 0 fully saturated rings. The Labute approximate surface area is 97.4 Å².